The fraction of sp³-hybridized carbons (Fsp3) is 0.545. The first-order valence-corrected chi connectivity index (χ1v) is 9.31. The largest absolute Gasteiger partial charge is 0.494 e. The predicted molar refractivity (Wildman–Crippen MR) is 84.9 cm³/mol. The second-order valence-corrected chi connectivity index (χ2v) is 7.51. The molecule has 2 aromatic rings. The summed E-state index contributed by atoms with van der Waals surface area (Å²) in [4.78, 5) is 4.01. The number of hydrogen-bond donors (Lipinski definition) is 2. The zero-order valence-corrected chi connectivity index (χ0v) is 14.5. The lowest BCUT2D eigenvalue weighted by atomic mass is 10.4. The van der Waals surface area contributed by atoms with E-state index in [1.807, 2.05) is 0 Å². The Labute approximate surface area is 143 Å². The molecule has 0 aromatic carbocycles. The van der Waals surface area contributed by atoms with Gasteiger partial charge in [0.25, 0.3) is 5.78 Å². The third-order valence-electron chi connectivity index (χ3n) is 3.48. The Kier molecular flexibility index (Phi) is 5.17. The molecule has 0 saturated carbocycles. The zero-order valence-electron chi connectivity index (χ0n) is 12.9. The van der Waals surface area contributed by atoms with Crippen LogP contribution in [0.3, 0.4) is 0 Å². The van der Waals surface area contributed by atoms with Crippen molar-refractivity contribution in [3.8, 4) is 5.88 Å². The summed E-state index contributed by atoms with van der Waals surface area (Å²) in [5, 5.41) is 21.1. The smallest absolute Gasteiger partial charge is 0.348 e. The molecule has 3 heterocycles. The molecule has 0 atom stereocenters. The molecule has 1 aliphatic heterocycles. The number of nitrogens with one attached hydrogen (secondary N) is 1. The monoisotopic (exact) mass is 375 g/mol. The molecule has 2 N–H and O–H groups in total. The molecule has 0 spiro atoms. The molecule has 0 unspecified atom stereocenters. The van der Waals surface area contributed by atoms with Crippen LogP contribution in [0.15, 0.2) is 17.4 Å². The molecule has 0 amide bonds. The van der Waals surface area contributed by atoms with E-state index >= 15 is 0 Å². The lowest BCUT2D eigenvalue weighted by molar-refractivity contribution is 0.0225. The number of nitrogens with zero attached hydrogens (tertiary/aromatic N) is 6. The topological polar surface area (TPSA) is 125 Å². The molecule has 13 heteroatoms. The minimum absolute atomic E-state index is 0.102. The number of aromatic nitrogens is 4. The van der Waals surface area contributed by atoms with E-state index in [0.29, 0.717) is 12.0 Å². The molecule has 1 fully saturated rings. The van der Waals surface area contributed by atoms with Crippen LogP contribution in [0, 0.1) is 0 Å². The SMILES string of the molecule is CN(CNS(=O)(=O)OSc1cc(O)n2cnnc2n1)N1CCCC1. The van der Waals surface area contributed by atoms with Crippen LogP contribution in [0.1, 0.15) is 12.8 Å². The minimum atomic E-state index is -3.98. The summed E-state index contributed by atoms with van der Waals surface area (Å²) < 4.78 is 32.2. The van der Waals surface area contributed by atoms with Gasteiger partial charge in [-0.15, -0.1) is 10.2 Å². The highest BCUT2D eigenvalue weighted by molar-refractivity contribution is 8.03. The second-order valence-electron chi connectivity index (χ2n) is 5.18. The average molecular weight is 375 g/mol. The zero-order chi connectivity index (χ0) is 17.2. The third kappa shape index (κ3) is 4.12. The van der Waals surface area contributed by atoms with Crippen molar-refractivity contribution < 1.29 is 17.2 Å². The van der Waals surface area contributed by atoms with E-state index in [2.05, 4.69) is 24.9 Å². The van der Waals surface area contributed by atoms with E-state index in [-0.39, 0.29) is 23.4 Å². The van der Waals surface area contributed by atoms with Crippen molar-refractivity contribution in [1.82, 2.24) is 34.3 Å². The predicted octanol–water partition coefficient (Wildman–Crippen LogP) is -0.412. The summed E-state index contributed by atoms with van der Waals surface area (Å²) in [5.41, 5.74) is 0. The van der Waals surface area contributed by atoms with Crippen LogP contribution < -0.4 is 4.72 Å². The van der Waals surface area contributed by atoms with Crippen LogP contribution >= 0.6 is 12.0 Å². The number of fused-ring (bicyclic) bond motifs is 1. The molecule has 0 radical (unpaired) electrons. The molecule has 11 nitrogen and oxygen atoms in total. The maximum Gasteiger partial charge on any atom is 0.348 e. The Morgan fingerprint density at radius 1 is 1.46 bits per heavy atom. The molecule has 2 aromatic heterocycles. The Bertz CT molecular complexity index is 806. The first-order chi connectivity index (χ1) is 11.4. The van der Waals surface area contributed by atoms with Crippen molar-refractivity contribution in [2.75, 3.05) is 26.8 Å². The molecule has 3 rings (SSSR count). The Hall–Kier alpha value is -1.51. The first-order valence-electron chi connectivity index (χ1n) is 7.16. The number of hydrogen-bond acceptors (Lipinski definition) is 10. The molecule has 1 saturated heterocycles. The Balaban J connectivity index is 1.55. The van der Waals surface area contributed by atoms with Crippen molar-refractivity contribution in [2.45, 2.75) is 17.9 Å². The second kappa shape index (κ2) is 7.16. The minimum Gasteiger partial charge on any atom is -0.494 e. The normalized spacial score (nSPS) is 16.4. The first kappa shape index (κ1) is 17.3. The summed E-state index contributed by atoms with van der Waals surface area (Å²) in [7, 11) is -2.17. The van der Waals surface area contributed by atoms with Crippen LogP contribution in [0.2, 0.25) is 0 Å². The summed E-state index contributed by atoms with van der Waals surface area (Å²) in [6.07, 6.45) is 3.49. The van der Waals surface area contributed by atoms with Crippen LogP contribution in [0.5, 0.6) is 5.88 Å². The lowest BCUT2D eigenvalue weighted by Gasteiger charge is -2.27. The molecule has 24 heavy (non-hydrogen) atoms. The highest BCUT2D eigenvalue weighted by atomic mass is 32.3. The summed E-state index contributed by atoms with van der Waals surface area (Å²) in [6.45, 7) is 1.93. The van der Waals surface area contributed by atoms with Gasteiger partial charge >= 0.3 is 10.3 Å². The van der Waals surface area contributed by atoms with Gasteiger partial charge in [0.2, 0.25) is 5.88 Å². The van der Waals surface area contributed by atoms with Gasteiger partial charge in [-0.2, -0.15) is 16.8 Å². The van der Waals surface area contributed by atoms with Gasteiger partial charge in [-0.05, 0) is 12.8 Å². The molecule has 0 aliphatic carbocycles. The van der Waals surface area contributed by atoms with Crippen molar-refractivity contribution in [3.05, 3.63) is 12.4 Å². The Morgan fingerprint density at radius 2 is 2.21 bits per heavy atom. The third-order valence-corrected chi connectivity index (χ3v) is 5.34. The molecular weight excluding hydrogens is 358 g/mol. The van der Waals surface area contributed by atoms with Gasteiger partial charge < -0.3 is 5.11 Å². The standard InChI is InChI=1S/C11H17N7O4S2/c1-16(17-4-2-3-5-17)8-13-24(20,21)22-23-9-6-10(19)18-7-12-15-11(18)14-9/h6-7,13,19H,2-5,8H2,1H3. The van der Waals surface area contributed by atoms with Crippen LogP contribution in [-0.4, -0.2) is 69.9 Å². The van der Waals surface area contributed by atoms with Crippen LogP contribution in [0.25, 0.3) is 5.78 Å². The van der Waals surface area contributed by atoms with Crippen molar-refractivity contribution in [2.24, 2.45) is 0 Å². The lowest BCUT2D eigenvalue weighted by Crippen LogP contribution is -2.44. The van der Waals surface area contributed by atoms with Gasteiger partial charge in [-0.25, -0.2) is 19.4 Å². The molecule has 1 aliphatic rings. The highest BCUT2D eigenvalue weighted by Gasteiger charge is 2.19. The summed E-state index contributed by atoms with van der Waals surface area (Å²) >= 11 is 0.509. The van der Waals surface area contributed by atoms with E-state index in [1.54, 1.807) is 12.1 Å². The van der Waals surface area contributed by atoms with Gasteiger partial charge in [0, 0.05) is 26.2 Å². The summed E-state index contributed by atoms with van der Waals surface area (Å²) in [5.74, 6) is -0.0320. The van der Waals surface area contributed by atoms with Crippen LogP contribution in [-0.2, 0) is 13.9 Å². The fourth-order valence-electron chi connectivity index (χ4n) is 2.24. The van der Waals surface area contributed by atoms with Gasteiger partial charge in [0.15, 0.2) is 0 Å². The fourth-order valence-corrected chi connectivity index (χ4v) is 3.69. The van der Waals surface area contributed by atoms with Crippen molar-refractivity contribution in [3.63, 3.8) is 0 Å². The quantitative estimate of drug-likeness (QED) is 0.375. The van der Waals surface area contributed by atoms with Crippen molar-refractivity contribution in [1.29, 1.82) is 0 Å². The van der Waals surface area contributed by atoms with E-state index in [4.69, 9.17) is 3.63 Å². The number of aromatic hydroxyl groups is 1. The van der Waals surface area contributed by atoms with Crippen molar-refractivity contribution >= 4 is 28.1 Å². The highest BCUT2D eigenvalue weighted by Crippen LogP contribution is 2.23. The van der Waals surface area contributed by atoms with E-state index in [9.17, 15) is 13.5 Å². The van der Waals surface area contributed by atoms with E-state index in [1.165, 1.54) is 16.8 Å². The number of hydrazine groups is 1. The average Bonchev–Trinajstić information content (AvgIpc) is 3.22. The van der Waals surface area contributed by atoms with E-state index < -0.39 is 10.3 Å². The van der Waals surface area contributed by atoms with Gasteiger partial charge in [-0.3, -0.25) is 0 Å². The molecule has 0 bridgehead atoms. The van der Waals surface area contributed by atoms with Crippen LogP contribution in [0.4, 0.5) is 0 Å². The maximum atomic E-state index is 11.9. The summed E-state index contributed by atoms with van der Waals surface area (Å²) in [6, 6.07) is 1.26. The Morgan fingerprint density at radius 3 is 2.96 bits per heavy atom. The molecular formula is C11H17N7O4S2. The van der Waals surface area contributed by atoms with Gasteiger partial charge in [-0.1, -0.05) is 0 Å². The number of rotatable bonds is 7. The van der Waals surface area contributed by atoms with Gasteiger partial charge in [0.1, 0.15) is 11.4 Å². The van der Waals surface area contributed by atoms with E-state index in [0.717, 1.165) is 25.9 Å². The molecule has 132 valence electrons. The maximum absolute atomic E-state index is 11.9. The van der Waals surface area contributed by atoms with Gasteiger partial charge in [0.05, 0.1) is 18.7 Å².